The quantitative estimate of drug-likeness (QED) is 0.797. The van der Waals surface area contributed by atoms with Gasteiger partial charge in [-0.25, -0.2) is 0 Å². The Kier molecular flexibility index (Phi) is 4.05. The summed E-state index contributed by atoms with van der Waals surface area (Å²) in [6.45, 7) is 1.77. The van der Waals surface area contributed by atoms with Gasteiger partial charge in [0.15, 0.2) is 0 Å². The second kappa shape index (κ2) is 5.30. The van der Waals surface area contributed by atoms with Gasteiger partial charge in [-0.15, -0.1) is 0 Å². The number of carbonyl (C=O) groups is 2. The fourth-order valence-electron chi connectivity index (χ4n) is 1.73. The highest BCUT2D eigenvalue weighted by Crippen LogP contribution is 2.23. The van der Waals surface area contributed by atoms with E-state index in [1.54, 1.807) is 31.2 Å². The van der Waals surface area contributed by atoms with Crippen molar-refractivity contribution in [3.05, 3.63) is 35.4 Å². The Morgan fingerprint density at radius 1 is 1.25 bits per heavy atom. The van der Waals surface area contributed by atoms with Crippen molar-refractivity contribution in [2.75, 3.05) is 0 Å². The minimum atomic E-state index is -0.951. The summed E-state index contributed by atoms with van der Waals surface area (Å²) in [6, 6.07) is 6.79. The molecule has 0 aliphatic carbocycles. The normalized spacial score (nSPS) is 12.1. The van der Waals surface area contributed by atoms with Gasteiger partial charge in [0.25, 0.3) is 0 Å². The van der Waals surface area contributed by atoms with Gasteiger partial charge in [-0.2, -0.15) is 0 Å². The van der Waals surface area contributed by atoms with E-state index in [2.05, 4.69) is 0 Å². The Morgan fingerprint density at radius 2 is 1.88 bits per heavy atom. The standard InChI is InChI=1S/C12H14O4/c1-2-9(12(15)16)10-6-4-3-5-8(10)7-11(13)14/h3-6,9H,2,7H2,1H3,(H,13,14)(H,15,16). The lowest BCUT2D eigenvalue weighted by Gasteiger charge is -2.14. The van der Waals surface area contributed by atoms with Crippen LogP contribution in [0.4, 0.5) is 0 Å². The molecule has 0 aliphatic heterocycles. The minimum Gasteiger partial charge on any atom is -0.481 e. The molecule has 0 radical (unpaired) electrons. The Bertz CT molecular complexity index is 398. The van der Waals surface area contributed by atoms with E-state index in [0.717, 1.165) is 0 Å². The average Bonchev–Trinajstić information content (AvgIpc) is 2.20. The van der Waals surface area contributed by atoms with Gasteiger partial charge in [0.05, 0.1) is 12.3 Å². The molecule has 0 spiro atoms. The van der Waals surface area contributed by atoms with Crippen molar-refractivity contribution in [2.24, 2.45) is 0 Å². The van der Waals surface area contributed by atoms with E-state index in [1.807, 2.05) is 0 Å². The minimum absolute atomic E-state index is 0.139. The summed E-state index contributed by atoms with van der Waals surface area (Å²) in [6.07, 6.45) is 0.311. The number of hydrogen-bond acceptors (Lipinski definition) is 2. The molecule has 16 heavy (non-hydrogen) atoms. The van der Waals surface area contributed by atoms with Crippen LogP contribution in [0.5, 0.6) is 0 Å². The van der Waals surface area contributed by atoms with Crippen molar-refractivity contribution in [2.45, 2.75) is 25.7 Å². The topological polar surface area (TPSA) is 74.6 Å². The first kappa shape index (κ1) is 12.2. The first-order valence-electron chi connectivity index (χ1n) is 5.08. The number of carboxylic acid groups (broad SMARTS) is 2. The van der Waals surface area contributed by atoms with Gasteiger partial charge < -0.3 is 10.2 Å². The molecule has 0 saturated carbocycles. The number of carboxylic acids is 2. The first-order valence-corrected chi connectivity index (χ1v) is 5.08. The molecule has 0 aliphatic rings. The number of aliphatic carboxylic acids is 2. The number of hydrogen-bond donors (Lipinski definition) is 2. The monoisotopic (exact) mass is 222 g/mol. The molecule has 1 atom stereocenters. The van der Waals surface area contributed by atoms with Gasteiger partial charge in [-0.05, 0) is 17.5 Å². The zero-order chi connectivity index (χ0) is 12.1. The van der Waals surface area contributed by atoms with Crippen LogP contribution in [0.1, 0.15) is 30.4 Å². The molecule has 0 heterocycles. The highest BCUT2D eigenvalue weighted by molar-refractivity contribution is 5.78. The zero-order valence-electron chi connectivity index (χ0n) is 9.01. The van der Waals surface area contributed by atoms with Gasteiger partial charge in [0.1, 0.15) is 0 Å². The summed E-state index contributed by atoms with van der Waals surface area (Å²) >= 11 is 0. The van der Waals surface area contributed by atoms with Gasteiger partial charge in [0.2, 0.25) is 0 Å². The van der Waals surface area contributed by atoms with Crippen molar-refractivity contribution < 1.29 is 19.8 Å². The number of benzene rings is 1. The van der Waals surface area contributed by atoms with Gasteiger partial charge in [-0.3, -0.25) is 9.59 Å². The summed E-state index contributed by atoms with van der Waals surface area (Å²) in [5, 5.41) is 17.8. The smallest absolute Gasteiger partial charge is 0.310 e. The fourth-order valence-corrected chi connectivity index (χ4v) is 1.73. The largest absolute Gasteiger partial charge is 0.481 e. The van der Waals surface area contributed by atoms with Crippen LogP contribution >= 0.6 is 0 Å². The molecule has 1 unspecified atom stereocenters. The summed E-state index contributed by atoms with van der Waals surface area (Å²) in [5.74, 6) is -2.50. The van der Waals surface area contributed by atoms with Gasteiger partial charge in [-0.1, -0.05) is 31.2 Å². The highest BCUT2D eigenvalue weighted by atomic mass is 16.4. The van der Waals surface area contributed by atoms with E-state index in [0.29, 0.717) is 17.5 Å². The van der Waals surface area contributed by atoms with E-state index < -0.39 is 17.9 Å². The van der Waals surface area contributed by atoms with E-state index >= 15 is 0 Å². The van der Waals surface area contributed by atoms with Crippen molar-refractivity contribution >= 4 is 11.9 Å². The number of rotatable bonds is 5. The maximum Gasteiger partial charge on any atom is 0.310 e. The lowest BCUT2D eigenvalue weighted by Crippen LogP contribution is -2.14. The molecule has 0 aromatic heterocycles. The molecule has 0 bridgehead atoms. The molecular formula is C12H14O4. The predicted molar refractivity (Wildman–Crippen MR) is 58.4 cm³/mol. The van der Waals surface area contributed by atoms with Crippen LogP contribution in [0.25, 0.3) is 0 Å². The van der Waals surface area contributed by atoms with Crippen molar-refractivity contribution in [3.8, 4) is 0 Å². The van der Waals surface area contributed by atoms with Crippen LogP contribution in [0.15, 0.2) is 24.3 Å². The van der Waals surface area contributed by atoms with E-state index in [9.17, 15) is 9.59 Å². The Balaban J connectivity index is 3.10. The zero-order valence-corrected chi connectivity index (χ0v) is 9.01. The Labute approximate surface area is 93.5 Å². The molecule has 0 fully saturated rings. The summed E-state index contributed by atoms with van der Waals surface area (Å²) in [5.41, 5.74) is 1.17. The molecule has 86 valence electrons. The van der Waals surface area contributed by atoms with Crippen LogP contribution < -0.4 is 0 Å². The van der Waals surface area contributed by atoms with Crippen LogP contribution in [-0.2, 0) is 16.0 Å². The second-order valence-electron chi connectivity index (χ2n) is 3.57. The predicted octanol–water partition coefficient (Wildman–Crippen LogP) is 1.89. The summed E-state index contributed by atoms with van der Waals surface area (Å²) in [7, 11) is 0. The van der Waals surface area contributed by atoms with Crippen LogP contribution in [0.2, 0.25) is 0 Å². The Morgan fingerprint density at radius 3 is 2.38 bits per heavy atom. The third-order valence-corrected chi connectivity index (χ3v) is 2.48. The second-order valence-corrected chi connectivity index (χ2v) is 3.57. The fraction of sp³-hybridized carbons (Fsp3) is 0.333. The van der Waals surface area contributed by atoms with E-state index in [-0.39, 0.29) is 6.42 Å². The molecule has 1 rings (SSSR count). The molecule has 0 amide bonds. The molecule has 4 heteroatoms. The summed E-state index contributed by atoms with van der Waals surface area (Å²) in [4.78, 5) is 21.7. The van der Waals surface area contributed by atoms with E-state index in [1.165, 1.54) is 0 Å². The highest BCUT2D eigenvalue weighted by Gasteiger charge is 2.20. The average molecular weight is 222 g/mol. The third kappa shape index (κ3) is 2.82. The van der Waals surface area contributed by atoms with Crippen molar-refractivity contribution in [1.29, 1.82) is 0 Å². The van der Waals surface area contributed by atoms with Crippen LogP contribution in [-0.4, -0.2) is 22.2 Å². The first-order chi connectivity index (χ1) is 7.56. The lowest BCUT2D eigenvalue weighted by atomic mass is 9.91. The lowest BCUT2D eigenvalue weighted by molar-refractivity contribution is -0.139. The molecule has 0 saturated heterocycles. The third-order valence-electron chi connectivity index (χ3n) is 2.48. The molecule has 4 nitrogen and oxygen atoms in total. The molecule has 1 aromatic rings. The van der Waals surface area contributed by atoms with E-state index in [4.69, 9.17) is 10.2 Å². The maximum absolute atomic E-state index is 11.0. The molecular weight excluding hydrogens is 208 g/mol. The van der Waals surface area contributed by atoms with Crippen LogP contribution in [0.3, 0.4) is 0 Å². The SMILES string of the molecule is CCC(C(=O)O)c1ccccc1CC(=O)O. The van der Waals surface area contributed by atoms with Gasteiger partial charge in [0, 0.05) is 0 Å². The maximum atomic E-state index is 11.0. The molecule has 2 N–H and O–H groups in total. The Hall–Kier alpha value is -1.84. The van der Waals surface area contributed by atoms with Crippen molar-refractivity contribution in [1.82, 2.24) is 0 Å². The van der Waals surface area contributed by atoms with Crippen molar-refractivity contribution in [3.63, 3.8) is 0 Å². The molecule has 1 aromatic carbocycles. The summed E-state index contributed by atoms with van der Waals surface area (Å²) < 4.78 is 0. The van der Waals surface area contributed by atoms with Gasteiger partial charge >= 0.3 is 11.9 Å². The van der Waals surface area contributed by atoms with Crippen LogP contribution in [0, 0.1) is 0 Å².